The summed E-state index contributed by atoms with van der Waals surface area (Å²) in [6.45, 7) is 0.217. The van der Waals surface area contributed by atoms with E-state index in [2.05, 4.69) is 9.82 Å². The highest BCUT2D eigenvalue weighted by Crippen LogP contribution is 2.40. The summed E-state index contributed by atoms with van der Waals surface area (Å²) in [6, 6.07) is 13.2. The number of nitrogens with one attached hydrogen (secondary N) is 2. The predicted octanol–water partition coefficient (Wildman–Crippen LogP) is 4.10. The molecule has 14 nitrogen and oxygen atoms in total. The van der Waals surface area contributed by atoms with Gasteiger partial charge in [0.1, 0.15) is 28.8 Å². The minimum Gasteiger partial charge on any atom is -0.497 e. The van der Waals surface area contributed by atoms with Gasteiger partial charge in [-0.1, -0.05) is 35.3 Å². The second kappa shape index (κ2) is 15.0. The molecule has 2 N–H and O–H groups in total. The van der Waals surface area contributed by atoms with Crippen molar-refractivity contribution in [2.24, 2.45) is 5.92 Å². The highest BCUT2D eigenvalue weighted by molar-refractivity contribution is 7.89. The predicted molar refractivity (Wildman–Crippen MR) is 179 cm³/mol. The Morgan fingerprint density at radius 3 is 2.30 bits per heavy atom. The minimum atomic E-state index is -4.24. The highest BCUT2D eigenvalue weighted by Gasteiger charge is 2.35. The standard InChI is InChI=1S/C30H29Cl2F2N5O9S2/c1-46-20-5-3-17(4-6-20)16-47-24-8-7-21(13-25(24)50(44,45)38-10-9-18(15-38)14-35-49(2,42)43)48-27-22(31)11-19(12-23(27)32)39-30(41)36-29(40)26(37-39)28(33)34/h3-8,11-13,18,28,35H,9-10,14-16H2,1-2H3,(H,36,40,41). The third kappa shape index (κ3) is 8.62. The summed E-state index contributed by atoms with van der Waals surface area (Å²) in [7, 11) is -6.20. The third-order valence-electron chi connectivity index (χ3n) is 7.48. The Morgan fingerprint density at radius 1 is 1.02 bits per heavy atom. The number of hydrogen-bond donors (Lipinski definition) is 2. The first kappa shape index (κ1) is 37.2. The van der Waals surface area contributed by atoms with E-state index in [1.807, 2.05) is 0 Å². The van der Waals surface area contributed by atoms with E-state index in [9.17, 15) is 35.2 Å². The zero-order valence-corrected chi connectivity index (χ0v) is 29.4. The summed E-state index contributed by atoms with van der Waals surface area (Å²) in [5, 5.41) is 3.00. The number of ether oxygens (including phenoxy) is 3. The zero-order chi connectivity index (χ0) is 36.4. The second-order valence-electron chi connectivity index (χ2n) is 11.1. The first-order valence-electron chi connectivity index (χ1n) is 14.6. The molecule has 3 aromatic carbocycles. The van der Waals surface area contributed by atoms with Gasteiger partial charge in [0.05, 0.1) is 29.1 Å². The molecule has 20 heteroatoms. The molecule has 1 saturated heterocycles. The normalized spacial score (nSPS) is 15.4. The van der Waals surface area contributed by atoms with Crippen molar-refractivity contribution in [2.45, 2.75) is 24.3 Å². The number of benzene rings is 3. The molecule has 1 fully saturated rings. The molecule has 4 aromatic rings. The molecule has 5 rings (SSSR count). The van der Waals surface area contributed by atoms with E-state index in [1.165, 1.54) is 29.6 Å². The Balaban J connectivity index is 1.47. The Morgan fingerprint density at radius 2 is 1.68 bits per heavy atom. The average Bonchev–Trinajstić information content (AvgIpc) is 3.55. The van der Waals surface area contributed by atoms with Crippen LogP contribution in [0.2, 0.25) is 10.0 Å². The highest BCUT2D eigenvalue weighted by atomic mass is 35.5. The van der Waals surface area contributed by atoms with Crippen LogP contribution in [0, 0.1) is 5.92 Å². The van der Waals surface area contributed by atoms with Crippen molar-refractivity contribution in [1.29, 1.82) is 0 Å². The number of nitrogens with zero attached hydrogens (tertiary/aromatic N) is 3. The molecule has 0 radical (unpaired) electrons. The Bertz CT molecular complexity index is 2210. The van der Waals surface area contributed by atoms with E-state index in [4.69, 9.17) is 37.4 Å². The Labute approximate surface area is 294 Å². The number of methoxy groups -OCH3 is 1. The van der Waals surface area contributed by atoms with E-state index in [0.29, 0.717) is 16.9 Å². The monoisotopic (exact) mass is 775 g/mol. The van der Waals surface area contributed by atoms with E-state index in [0.717, 1.165) is 24.0 Å². The maximum absolute atomic E-state index is 14.0. The Hall–Kier alpha value is -4.07. The lowest BCUT2D eigenvalue weighted by atomic mass is 10.1. The zero-order valence-electron chi connectivity index (χ0n) is 26.2. The number of halogens is 4. The topological polar surface area (TPSA) is 179 Å². The average molecular weight is 777 g/mol. The molecule has 0 saturated carbocycles. The maximum atomic E-state index is 14.0. The number of aromatic amines is 1. The third-order valence-corrected chi connectivity index (χ3v) is 10.6. The van der Waals surface area contributed by atoms with Gasteiger partial charge in [-0.3, -0.25) is 9.78 Å². The van der Waals surface area contributed by atoms with Crippen LogP contribution in [0.1, 0.15) is 24.1 Å². The van der Waals surface area contributed by atoms with Gasteiger partial charge in [0.2, 0.25) is 20.0 Å². The fourth-order valence-electron chi connectivity index (χ4n) is 4.96. The SMILES string of the molecule is COc1ccc(COc2ccc(Oc3c(Cl)cc(-n4nc(C(F)F)c(=O)[nH]c4=O)cc3Cl)cc2S(=O)(=O)N2CCC(CNS(C)(=O)=O)C2)cc1. The van der Waals surface area contributed by atoms with Crippen molar-refractivity contribution in [2.75, 3.05) is 33.0 Å². The molecule has 0 spiro atoms. The number of aromatic nitrogens is 3. The van der Waals surface area contributed by atoms with Crippen LogP contribution in [-0.2, 0) is 26.7 Å². The molecule has 0 amide bonds. The van der Waals surface area contributed by atoms with Crippen LogP contribution in [0.5, 0.6) is 23.0 Å². The number of alkyl halides is 2. The van der Waals surface area contributed by atoms with Crippen LogP contribution >= 0.6 is 23.2 Å². The molecule has 0 bridgehead atoms. The van der Waals surface area contributed by atoms with Crippen LogP contribution in [0.3, 0.4) is 0 Å². The fraction of sp³-hybridized carbons (Fsp3) is 0.300. The number of hydrogen-bond acceptors (Lipinski definition) is 10. The first-order chi connectivity index (χ1) is 23.5. The number of sulfonamides is 2. The molecule has 2 heterocycles. The van der Waals surface area contributed by atoms with Gasteiger partial charge < -0.3 is 14.2 Å². The first-order valence-corrected chi connectivity index (χ1v) is 18.7. The smallest absolute Gasteiger partial charge is 0.349 e. The van der Waals surface area contributed by atoms with Gasteiger partial charge in [0.25, 0.3) is 12.0 Å². The quantitative estimate of drug-likeness (QED) is 0.201. The van der Waals surface area contributed by atoms with Gasteiger partial charge in [-0.2, -0.15) is 14.1 Å². The van der Waals surface area contributed by atoms with Crippen LogP contribution in [-0.4, -0.2) is 68.9 Å². The summed E-state index contributed by atoms with van der Waals surface area (Å²) in [5.41, 5.74) is -3.13. The maximum Gasteiger partial charge on any atom is 0.349 e. The van der Waals surface area contributed by atoms with E-state index < -0.39 is 43.4 Å². The van der Waals surface area contributed by atoms with Crippen molar-refractivity contribution >= 4 is 43.2 Å². The van der Waals surface area contributed by atoms with Crippen molar-refractivity contribution in [3.63, 3.8) is 0 Å². The van der Waals surface area contributed by atoms with Crippen molar-refractivity contribution in [3.8, 4) is 28.7 Å². The Kier molecular flexibility index (Phi) is 11.2. The van der Waals surface area contributed by atoms with Crippen molar-refractivity contribution in [3.05, 3.63) is 96.7 Å². The number of rotatable bonds is 13. The largest absolute Gasteiger partial charge is 0.497 e. The van der Waals surface area contributed by atoms with Crippen molar-refractivity contribution < 1.29 is 39.8 Å². The van der Waals surface area contributed by atoms with Gasteiger partial charge in [-0.25, -0.2) is 35.1 Å². The molecular weight excluding hydrogens is 747 g/mol. The summed E-state index contributed by atoms with van der Waals surface area (Å²) in [4.78, 5) is 25.5. The summed E-state index contributed by atoms with van der Waals surface area (Å²) < 4.78 is 98.9. The molecule has 268 valence electrons. The number of H-pyrrole nitrogens is 1. The summed E-state index contributed by atoms with van der Waals surface area (Å²) in [6.07, 6.45) is -1.85. The van der Waals surface area contributed by atoms with Crippen LogP contribution in [0.25, 0.3) is 5.69 Å². The van der Waals surface area contributed by atoms with Gasteiger partial charge >= 0.3 is 5.69 Å². The molecule has 1 aliphatic rings. The summed E-state index contributed by atoms with van der Waals surface area (Å²) in [5.74, 6) is 0.132. The molecule has 50 heavy (non-hydrogen) atoms. The molecule has 1 aliphatic heterocycles. The van der Waals surface area contributed by atoms with E-state index in [-0.39, 0.29) is 70.0 Å². The van der Waals surface area contributed by atoms with Crippen LogP contribution in [0.4, 0.5) is 8.78 Å². The van der Waals surface area contributed by atoms with Crippen molar-refractivity contribution in [1.82, 2.24) is 23.8 Å². The fourth-order valence-corrected chi connectivity index (χ4v) is 7.73. The van der Waals surface area contributed by atoms with Gasteiger partial charge in [-0.15, -0.1) is 0 Å². The second-order valence-corrected chi connectivity index (χ2v) is 15.6. The lowest BCUT2D eigenvalue weighted by Gasteiger charge is -2.20. The lowest BCUT2D eigenvalue weighted by molar-refractivity contribution is 0.141. The molecule has 1 aromatic heterocycles. The van der Waals surface area contributed by atoms with Gasteiger partial charge in [0, 0.05) is 25.7 Å². The lowest BCUT2D eigenvalue weighted by Crippen LogP contribution is -2.34. The van der Waals surface area contributed by atoms with Crippen LogP contribution < -0.4 is 30.2 Å². The molecule has 0 aliphatic carbocycles. The summed E-state index contributed by atoms with van der Waals surface area (Å²) >= 11 is 12.8. The van der Waals surface area contributed by atoms with Crippen LogP contribution in [0.15, 0.2) is 69.1 Å². The van der Waals surface area contributed by atoms with Gasteiger partial charge in [-0.05, 0) is 54.3 Å². The molecule has 1 unspecified atom stereocenters. The molecule has 1 atom stereocenters. The minimum absolute atomic E-state index is 0.00181. The van der Waals surface area contributed by atoms with Gasteiger partial charge in [0.15, 0.2) is 11.4 Å². The molecular formula is C30H29Cl2F2N5O9S2. The van der Waals surface area contributed by atoms with E-state index in [1.54, 1.807) is 29.2 Å². The van der Waals surface area contributed by atoms with E-state index >= 15 is 0 Å².